The van der Waals surface area contributed by atoms with Gasteiger partial charge in [-0.15, -0.1) is 11.3 Å². The van der Waals surface area contributed by atoms with Crippen molar-refractivity contribution in [3.63, 3.8) is 0 Å². The minimum atomic E-state index is -0.0248. The summed E-state index contributed by atoms with van der Waals surface area (Å²) in [6, 6.07) is 7.59. The van der Waals surface area contributed by atoms with Crippen molar-refractivity contribution in [1.29, 1.82) is 0 Å². The lowest BCUT2D eigenvalue weighted by atomic mass is 10.3. The summed E-state index contributed by atoms with van der Waals surface area (Å²) in [6.45, 7) is 2.62. The average Bonchev–Trinajstić information content (AvgIpc) is 3.33. The van der Waals surface area contributed by atoms with Gasteiger partial charge in [0.05, 0.1) is 24.7 Å². The maximum absolute atomic E-state index is 11.9. The monoisotopic (exact) mass is 396 g/mol. The molecule has 0 aliphatic carbocycles. The van der Waals surface area contributed by atoms with Crippen molar-refractivity contribution in [2.24, 2.45) is 4.99 Å². The third-order valence-electron chi connectivity index (χ3n) is 4.44. The first-order chi connectivity index (χ1) is 13.7. The van der Waals surface area contributed by atoms with Gasteiger partial charge in [0.2, 0.25) is 0 Å². The van der Waals surface area contributed by atoms with E-state index < -0.39 is 0 Å². The van der Waals surface area contributed by atoms with Gasteiger partial charge in [0, 0.05) is 50.0 Å². The van der Waals surface area contributed by atoms with Crippen molar-refractivity contribution in [3.8, 4) is 17.1 Å². The van der Waals surface area contributed by atoms with Crippen LogP contribution in [0.5, 0.6) is 5.75 Å². The SMILES string of the molecule is COc1cccc(N=c2scc(-c3cnccn3)n2CCN2CCNC2=O)c1. The van der Waals surface area contributed by atoms with Crippen molar-refractivity contribution in [1.82, 2.24) is 24.8 Å². The van der Waals surface area contributed by atoms with E-state index in [-0.39, 0.29) is 6.03 Å². The highest BCUT2D eigenvalue weighted by Gasteiger charge is 2.20. The van der Waals surface area contributed by atoms with E-state index in [4.69, 9.17) is 9.73 Å². The maximum Gasteiger partial charge on any atom is 0.317 e. The van der Waals surface area contributed by atoms with Crippen LogP contribution < -0.4 is 14.9 Å². The van der Waals surface area contributed by atoms with Crippen molar-refractivity contribution in [2.45, 2.75) is 6.54 Å². The largest absolute Gasteiger partial charge is 0.497 e. The Kier molecular flexibility index (Phi) is 5.34. The fourth-order valence-corrected chi connectivity index (χ4v) is 3.95. The number of carbonyl (C=O) groups excluding carboxylic acids is 1. The van der Waals surface area contributed by atoms with Gasteiger partial charge in [-0.3, -0.25) is 9.97 Å². The molecule has 28 heavy (non-hydrogen) atoms. The Labute approximate surface area is 166 Å². The molecule has 0 bridgehead atoms. The number of ether oxygens (including phenoxy) is 1. The summed E-state index contributed by atoms with van der Waals surface area (Å²) in [7, 11) is 1.64. The number of methoxy groups -OCH3 is 1. The molecule has 1 fully saturated rings. The second-order valence-electron chi connectivity index (χ2n) is 6.18. The number of urea groups is 1. The molecule has 9 heteroatoms. The van der Waals surface area contributed by atoms with E-state index in [1.807, 2.05) is 29.6 Å². The molecule has 1 aliphatic rings. The van der Waals surface area contributed by atoms with Gasteiger partial charge >= 0.3 is 6.03 Å². The Morgan fingerprint density at radius 3 is 3.00 bits per heavy atom. The summed E-state index contributed by atoms with van der Waals surface area (Å²) in [4.78, 5) is 27.9. The van der Waals surface area contributed by atoms with E-state index in [9.17, 15) is 4.79 Å². The third-order valence-corrected chi connectivity index (χ3v) is 5.30. The standard InChI is InChI=1S/C19H20N6O2S/c1-27-15-4-2-3-14(11-15)23-19-25(10-9-24-8-7-22-18(24)26)17(13-28-19)16-12-20-5-6-21-16/h2-6,11-13H,7-10H2,1H3,(H,22,26). The zero-order valence-corrected chi connectivity index (χ0v) is 16.2. The number of rotatable bonds is 6. The van der Waals surface area contributed by atoms with Gasteiger partial charge in [-0.25, -0.2) is 9.79 Å². The van der Waals surface area contributed by atoms with E-state index in [1.165, 1.54) is 11.3 Å². The molecular formula is C19H20N6O2S. The Morgan fingerprint density at radius 1 is 1.32 bits per heavy atom. The number of hydrogen-bond donors (Lipinski definition) is 1. The van der Waals surface area contributed by atoms with Crippen LogP contribution in [0.3, 0.4) is 0 Å². The number of nitrogens with one attached hydrogen (secondary N) is 1. The summed E-state index contributed by atoms with van der Waals surface area (Å²) in [5, 5.41) is 4.85. The molecule has 8 nitrogen and oxygen atoms in total. The Hall–Kier alpha value is -3.20. The predicted octanol–water partition coefficient (Wildman–Crippen LogP) is 2.27. The molecule has 1 aromatic carbocycles. The number of thiazole rings is 1. The van der Waals surface area contributed by atoms with Crippen LogP contribution in [0.25, 0.3) is 11.4 Å². The highest BCUT2D eigenvalue weighted by atomic mass is 32.1. The quantitative estimate of drug-likeness (QED) is 0.693. The van der Waals surface area contributed by atoms with E-state index >= 15 is 0 Å². The lowest BCUT2D eigenvalue weighted by molar-refractivity contribution is 0.215. The van der Waals surface area contributed by atoms with Crippen molar-refractivity contribution in [3.05, 3.63) is 53.0 Å². The highest BCUT2D eigenvalue weighted by Crippen LogP contribution is 2.21. The second kappa shape index (κ2) is 8.22. The normalized spacial score (nSPS) is 14.4. The van der Waals surface area contributed by atoms with Crippen LogP contribution in [0, 0.1) is 0 Å². The minimum absolute atomic E-state index is 0.0248. The fraction of sp³-hybridized carbons (Fsp3) is 0.263. The first kappa shape index (κ1) is 18.2. The zero-order valence-electron chi connectivity index (χ0n) is 15.4. The molecule has 3 heterocycles. The van der Waals surface area contributed by atoms with Crippen LogP contribution in [0.4, 0.5) is 10.5 Å². The molecule has 2 amide bonds. The summed E-state index contributed by atoms with van der Waals surface area (Å²) >= 11 is 1.53. The van der Waals surface area contributed by atoms with Crippen LogP contribution in [-0.4, -0.2) is 52.2 Å². The van der Waals surface area contributed by atoms with Gasteiger partial charge < -0.3 is 19.5 Å². The smallest absolute Gasteiger partial charge is 0.317 e. The molecule has 144 valence electrons. The fourth-order valence-electron chi connectivity index (χ4n) is 3.01. The van der Waals surface area contributed by atoms with Crippen LogP contribution in [0.1, 0.15) is 0 Å². The van der Waals surface area contributed by atoms with Crippen LogP contribution >= 0.6 is 11.3 Å². The molecule has 1 aliphatic heterocycles. The molecule has 0 radical (unpaired) electrons. The molecule has 4 rings (SSSR count). The van der Waals surface area contributed by atoms with Gasteiger partial charge in [0.15, 0.2) is 4.80 Å². The summed E-state index contributed by atoms with van der Waals surface area (Å²) in [5.41, 5.74) is 2.51. The Morgan fingerprint density at radius 2 is 2.25 bits per heavy atom. The lowest BCUT2D eigenvalue weighted by Gasteiger charge is -2.15. The van der Waals surface area contributed by atoms with Crippen LogP contribution in [0.15, 0.2) is 53.2 Å². The molecular weight excluding hydrogens is 376 g/mol. The first-order valence-electron chi connectivity index (χ1n) is 8.91. The Balaban J connectivity index is 1.72. The van der Waals surface area contributed by atoms with Crippen molar-refractivity contribution in [2.75, 3.05) is 26.7 Å². The predicted molar refractivity (Wildman–Crippen MR) is 107 cm³/mol. The van der Waals surface area contributed by atoms with E-state index in [0.717, 1.165) is 27.6 Å². The van der Waals surface area contributed by atoms with E-state index in [0.29, 0.717) is 26.2 Å². The lowest BCUT2D eigenvalue weighted by Crippen LogP contribution is -2.33. The highest BCUT2D eigenvalue weighted by molar-refractivity contribution is 7.07. The third kappa shape index (κ3) is 3.89. The summed E-state index contributed by atoms with van der Waals surface area (Å²) < 4.78 is 7.37. The molecule has 0 unspecified atom stereocenters. The summed E-state index contributed by atoms with van der Waals surface area (Å²) in [6.07, 6.45) is 5.05. The zero-order chi connectivity index (χ0) is 19.3. The van der Waals surface area contributed by atoms with Gasteiger partial charge in [0.1, 0.15) is 11.4 Å². The van der Waals surface area contributed by atoms with Gasteiger partial charge in [0.25, 0.3) is 0 Å². The molecule has 0 spiro atoms. The Bertz CT molecular complexity index is 1030. The van der Waals surface area contributed by atoms with E-state index in [2.05, 4.69) is 19.9 Å². The van der Waals surface area contributed by atoms with Crippen LogP contribution in [-0.2, 0) is 6.54 Å². The maximum atomic E-state index is 11.9. The van der Waals surface area contributed by atoms with Crippen LogP contribution in [0.2, 0.25) is 0 Å². The molecule has 2 aromatic heterocycles. The number of hydrogen-bond acceptors (Lipinski definition) is 6. The summed E-state index contributed by atoms with van der Waals surface area (Å²) in [5.74, 6) is 0.757. The molecule has 1 saturated heterocycles. The minimum Gasteiger partial charge on any atom is -0.497 e. The van der Waals surface area contributed by atoms with E-state index in [1.54, 1.807) is 30.6 Å². The number of carbonyl (C=O) groups is 1. The number of nitrogens with zero attached hydrogens (tertiary/aromatic N) is 5. The topological polar surface area (TPSA) is 84.6 Å². The van der Waals surface area contributed by atoms with Gasteiger partial charge in [-0.05, 0) is 12.1 Å². The van der Waals surface area contributed by atoms with Gasteiger partial charge in [-0.2, -0.15) is 0 Å². The number of amides is 2. The van der Waals surface area contributed by atoms with Crippen molar-refractivity contribution >= 4 is 23.1 Å². The molecule has 0 atom stereocenters. The molecule has 0 saturated carbocycles. The first-order valence-corrected chi connectivity index (χ1v) is 9.79. The number of benzene rings is 1. The average molecular weight is 396 g/mol. The second-order valence-corrected chi connectivity index (χ2v) is 7.01. The van der Waals surface area contributed by atoms with Gasteiger partial charge in [-0.1, -0.05) is 6.07 Å². The van der Waals surface area contributed by atoms with Crippen molar-refractivity contribution < 1.29 is 9.53 Å². The molecule has 3 aromatic rings. The number of aromatic nitrogens is 3. The molecule has 1 N–H and O–H groups in total.